The molecule has 1 aromatic carbocycles. The Bertz CT molecular complexity index is 849. The molecule has 8 heteroatoms. The molecule has 3 rings (SSSR count). The zero-order chi connectivity index (χ0) is 22.2. The molecule has 1 fully saturated rings. The SMILES string of the molecule is CCOc1cc(CN2CCC[C@@H](Cn3cc(C(=O)N(CC)CC)nn3)C2)ccc1OC. The number of hydrogen-bond donors (Lipinski definition) is 0. The zero-order valence-electron chi connectivity index (χ0n) is 19.2. The molecule has 1 saturated heterocycles. The van der Waals surface area contributed by atoms with Gasteiger partial charge in [0.05, 0.1) is 19.9 Å². The largest absolute Gasteiger partial charge is 0.493 e. The first-order valence-electron chi connectivity index (χ1n) is 11.3. The van der Waals surface area contributed by atoms with E-state index in [0.717, 1.165) is 50.5 Å². The average molecular weight is 430 g/mol. The van der Waals surface area contributed by atoms with E-state index in [9.17, 15) is 4.79 Å². The Labute approximate surface area is 185 Å². The first-order valence-corrected chi connectivity index (χ1v) is 11.3. The van der Waals surface area contributed by atoms with Crippen molar-refractivity contribution < 1.29 is 14.3 Å². The molecule has 1 aliphatic rings. The molecule has 1 aliphatic heterocycles. The van der Waals surface area contributed by atoms with Crippen LogP contribution in [0.3, 0.4) is 0 Å². The van der Waals surface area contributed by atoms with Gasteiger partial charge in [-0.15, -0.1) is 5.10 Å². The number of rotatable bonds is 10. The van der Waals surface area contributed by atoms with E-state index < -0.39 is 0 Å². The number of carbonyl (C=O) groups excluding carboxylic acids is 1. The Morgan fingerprint density at radius 3 is 2.74 bits per heavy atom. The van der Waals surface area contributed by atoms with Crippen molar-refractivity contribution in [2.75, 3.05) is 39.9 Å². The predicted octanol–water partition coefficient (Wildman–Crippen LogP) is 3.08. The maximum Gasteiger partial charge on any atom is 0.276 e. The summed E-state index contributed by atoms with van der Waals surface area (Å²) in [5.41, 5.74) is 1.65. The van der Waals surface area contributed by atoms with Gasteiger partial charge in [-0.2, -0.15) is 0 Å². The Morgan fingerprint density at radius 1 is 1.23 bits per heavy atom. The van der Waals surface area contributed by atoms with E-state index in [1.165, 1.54) is 5.56 Å². The fourth-order valence-corrected chi connectivity index (χ4v) is 4.21. The van der Waals surface area contributed by atoms with Gasteiger partial charge in [-0.1, -0.05) is 11.3 Å². The van der Waals surface area contributed by atoms with E-state index in [-0.39, 0.29) is 5.91 Å². The van der Waals surface area contributed by atoms with Gasteiger partial charge >= 0.3 is 0 Å². The van der Waals surface area contributed by atoms with Crippen LogP contribution in [-0.2, 0) is 13.1 Å². The van der Waals surface area contributed by atoms with E-state index in [1.807, 2.05) is 31.5 Å². The summed E-state index contributed by atoms with van der Waals surface area (Å²) >= 11 is 0. The molecule has 0 radical (unpaired) electrons. The van der Waals surface area contributed by atoms with Gasteiger partial charge < -0.3 is 14.4 Å². The number of carbonyl (C=O) groups is 1. The molecule has 0 saturated carbocycles. The lowest BCUT2D eigenvalue weighted by Crippen LogP contribution is -2.36. The number of aromatic nitrogens is 3. The predicted molar refractivity (Wildman–Crippen MR) is 119 cm³/mol. The number of amides is 1. The van der Waals surface area contributed by atoms with E-state index in [4.69, 9.17) is 9.47 Å². The highest BCUT2D eigenvalue weighted by Gasteiger charge is 2.22. The summed E-state index contributed by atoms with van der Waals surface area (Å²) in [5, 5.41) is 8.32. The minimum Gasteiger partial charge on any atom is -0.493 e. The molecule has 0 aliphatic carbocycles. The van der Waals surface area contributed by atoms with Crippen LogP contribution in [0.1, 0.15) is 49.7 Å². The molecule has 0 bridgehead atoms. The van der Waals surface area contributed by atoms with Crippen molar-refractivity contribution in [3.8, 4) is 11.5 Å². The third kappa shape index (κ3) is 5.97. The van der Waals surface area contributed by atoms with Gasteiger partial charge in [0.15, 0.2) is 17.2 Å². The second kappa shape index (κ2) is 11.1. The van der Waals surface area contributed by atoms with Crippen molar-refractivity contribution in [2.45, 2.75) is 46.7 Å². The highest BCUT2D eigenvalue weighted by Crippen LogP contribution is 2.29. The number of methoxy groups -OCH3 is 1. The summed E-state index contributed by atoms with van der Waals surface area (Å²) in [7, 11) is 1.66. The Balaban J connectivity index is 1.59. The average Bonchev–Trinajstić information content (AvgIpc) is 3.24. The van der Waals surface area contributed by atoms with Crippen LogP contribution in [0.4, 0.5) is 0 Å². The lowest BCUT2D eigenvalue weighted by atomic mass is 9.97. The lowest BCUT2D eigenvalue weighted by Gasteiger charge is -2.32. The monoisotopic (exact) mass is 429 g/mol. The highest BCUT2D eigenvalue weighted by molar-refractivity contribution is 5.91. The van der Waals surface area contributed by atoms with Crippen LogP contribution in [0.2, 0.25) is 0 Å². The van der Waals surface area contributed by atoms with Crippen molar-refractivity contribution in [3.05, 3.63) is 35.7 Å². The fraction of sp³-hybridized carbons (Fsp3) is 0.609. The number of likely N-dealkylation sites (tertiary alicyclic amines) is 1. The summed E-state index contributed by atoms with van der Waals surface area (Å²) in [5.74, 6) is 2.00. The number of nitrogens with zero attached hydrogens (tertiary/aromatic N) is 5. The summed E-state index contributed by atoms with van der Waals surface area (Å²) in [4.78, 5) is 16.7. The fourth-order valence-electron chi connectivity index (χ4n) is 4.21. The molecule has 8 nitrogen and oxygen atoms in total. The molecule has 2 aromatic rings. The molecule has 0 spiro atoms. The van der Waals surface area contributed by atoms with Crippen LogP contribution < -0.4 is 9.47 Å². The molecule has 1 aromatic heterocycles. The van der Waals surface area contributed by atoms with Crippen molar-refractivity contribution in [1.29, 1.82) is 0 Å². The topological polar surface area (TPSA) is 72.7 Å². The maximum atomic E-state index is 12.5. The van der Waals surface area contributed by atoms with Gasteiger partial charge in [0.25, 0.3) is 5.91 Å². The van der Waals surface area contributed by atoms with E-state index in [0.29, 0.717) is 31.3 Å². The second-order valence-electron chi connectivity index (χ2n) is 7.96. The van der Waals surface area contributed by atoms with Gasteiger partial charge in [0.1, 0.15) is 0 Å². The smallest absolute Gasteiger partial charge is 0.276 e. The molecule has 2 heterocycles. The maximum absolute atomic E-state index is 12.5. The van der Waals surface area contributed by atoms with Gasteiger partial charge in [0.2, 0.25) is 0 Å². The first kappa shape index (κ1) is 23.1. The van der Waals surface area contributed by atoms with Crippen LogP contribution in [-0.4, -0.2) is 70.6 Å². The number of benzene rings is 1. The van der Waals surface area contributed by atoms with Gasteiger partial charge in [-0.05, 0) is 63.8 Å². The Kier molecular flexibility index (Phi) is 8.28. The molecule has 0 unspecified atom stereocenters. The summed E-state index contributed by atoms with van der Waals surface area (Å²) < 4.78 is 12.9. The minimum absolute atomic E-state index is 0.0499. The van der Waals surface area contributed by atoms with E-state index in [1.54, 1.807) is 18.2 Å². The quantitative estimate of drug-likeness (QED) is 0.578. The summed E-state index contributed by atoms with van der Waals surface area (Å²) in [6, 6.07) is 6.16. The third-order valence-corrected chi connectivity index (χ3v) is 5.79. The zero-order valence-corrected chi connectivity index (χ0v) is 19.2. The summed E-state index contributed by atoms with van der Waals surface area (Å²) in [6.07, 6.45) is 4.10. The van der Waals surface area contributed by atoms with Crippen LogP contribution in [0, 0.1) is 5.92 Å². The number of piperidine rings is 1. The number of ether oxygens (including phenoxy) is 2. The highest BCUT2D eigenvalue weighted by atomic mass is 16.5. The molecule has 0 N–H and O–H groups in total. The molecular weight excluding hydrogens is 394 g/mol. The molecule has 170 valence electrons. The van der Waals surface area contributed by atoms with Gasteiger partial charge in [0, 0.05) is 32.7 Å². The summed E-state index contributed by atoms with van der Waals surface area (Å²) in [6.45, 7) is 11.6. The van der Waals surface area contributed by atoms with Crippen LogP contribution in [0.5, 0.6) is 11.5 Å². The van der Waals surface area contributed by atoms with Crippen molar-refractivity contribution in [1.82, 2.24) is 24.8 Å². The molecule has 31 heavy (non-hydrogen) atoms. The standard InChI is InChI=1S/C23H35N5O3/c1-5-27(6-2)23(29)20-17-28(25-24-20)16-19-9-8-12-26(15-19)14-18-10-11-21(30-4)22(13-18)31-7-3/h10-11,13,17,19H,5-9,12,14-16H2,1-4H3/t19-/m1/s1. The minimum atomic E-state index is -0.0499. The van der Waals surface area contributed by atoms with Crippen molar-refractivity contribution >= 4 is 5.91 Å². The normalized spacial score (nSPS) is 16.8. The molecule has 1 atom stereocenters. The second-order valence-corrected chi connectivity index (χ2v) is 7.96. The van der Waals surface area contributed by atoms with Crippen LogP contribution >= 0.6 is 0 Å². The van der Waals surface area contributed by atoms with Crippen LogP contribution in [0.15, 0.2) is 24.4 Å². The van der Waals surface area contributed by atoms with E-state index in [2.05, 4.69) is 27.3 Å². The number of hydrogen-bond acceptors (Lipinski definition) is 6. The van der Waals surface area contributed by atoms with Gasteiger partial charge in [-0.25, -0.2) is 0 Å². The van der Waals surface area contributed by atoms with Crippen molar-refractivity contribution in [3.63, 3.8) is 0 Å². The molecular formula is C23H35N5O3. The van der Waals surface area contributed by atoms with Crippen LogP contribution in [0.25, 0.3) is 0 Å². The van der Waals surface area contributed by atoms with E-state index >= 15 is 0 Å². The van der Waals surface area contributed by atoms with Crippen molar-refractivity contribution in [2.24, 2.45) is 5.92 Å². The Hall–Kier alpha value is -2.61. The molecule has 1 amide bonds. The lowest BCUT2D eigenvalue weighted by molar-refractivity contribution is 0.0767. The Morgan fingerprint density at radius 2 is 2.03 bits per heavy atom. The van der Waals surface area contributed by atoms with Gasteiger partial charge in [-0.3, -0.25) is 14.4 Å². The first-order chi connectivity index (χ1) is 15.1. The third-order valence-electron chi connectivity index (χ3n) is 5.79.